The Bertz CT molecular complexity index is 2700. The Morgan fingerprint density at radius 2 is 0.760 bits per heavy atom. The minimum absolute atomic E-state index is 0.291. The van der Waals surface area contributed by atoms with Gasteiger partial charge in [0, 0.05) is 0 Å². The minimum Gasteiger partial charge on any atom is -0.219 e. The summed E-state index contributed by atoms with van der Waals surface area (Å²) in [5.41, 5.74) is 14.4. The van der Waals surface area contributed by atoms with Crippen molar-refractivity contribution in [2.24, 2.45) is 0 Å². The Labute approximate surface area is 291 Å². The van der Waals surface area contributed by atoms with Crippen LogP contribution >= 0.6 is 0 Å². The van der Waals surface area contributed by atoms with Gasteiger partial charge in [0.2, 0.25) is 9.84 Å². The van der Waals surface area contributed by atoms with Gasteiger partial charge in [-0.3, -0.25) is 0 Å². The predicted molar refractivity (Wildman–Crippen MR) is 203 cm³/mol. The molecule has 8 aromatic rings. The van der Waals surface area contributed by atoms with Gasteiger partial charge in [-0.2, -0.15) is 0 Å². The number of rotatable bonds is 4. The van der Waals surface area contributed by atoms with Crippen LogP contribution in [0.25, 0.3) is 55.3 Å². The van der Waals surface area contributed by atoms with Crippen LogP contribution in [-0.4, -0.2) is 8.42 Å². The maximum absolute atomic E-state index is 13.1. The summed E-state index contributed by atoms with van der Waals surface area (Å²) in [6.07, 6.45) is 0. The minimum atomic E-state index is -3.57. The SMILES string of the molecule is O=S(=O)(c1ccccc1)c1ccc(-c2ccc(-c3ccc4c5c(cccc35)C3(c5ccccc5-c5ccccc53)c3ccccc3-4)cc2)cc1. The first kappa shape index (κ1) is 28.9. The average Bonchev–Trinajstić information content (AvgIpc) is 3.48. The van der Waals surface area contributed by atoms with E-state index in [-0.39, 0.29) is 0 Å². The van der Waals surface area contributed by atoms with E-state index in [0.717, 1.165) is 16.7 Å². The fraction of sp³-hybridized carbons (Fsp3) is 0.0213. The predicted octanol–water partition coefficient (Wildman–Crippen LogP) is 11.4. The van der Waals surface area contributed by atoms with Crippen LogP contribution in [0.3, 0.4) is 0 Å². The van der Waals surface area contributed by atoms with Gasteiger partial charge >= 0.3 is 0 Å². The van der Waals surface area contributed by atoms with Crippen molar-refractivity contribution in [1.29, 1.82) is 0 Å². The van der Waals surface area contributed by atoms with Gasteiger partial charge in [-0.25, -0.2) is 8.42 Å². The molecule has 0 unspecified atom stereocenters. The molecule has 2 aliphatic rings. The molecule has 0 heterocycles. The third-order valence-electron chi connectivity index (χ3n) is 10.8. The van der Waals surface area contributed by atoms with Crippen molar-refractivity contribution in [3.05, 3.63) is 204 Å². The fourth-order valence-corrected chi connectivity index (χ4v) is 9.89. The Kier molecular flexibility index (Phi) is 6.21. The van der Waals surface area contributed by atoms with E-state index in [9.17, 15) is 8.42 Å². The third-order valence-corrected chi connectivity index (χ3v) is 12.6. The molecule has 8 aromatic carbocycles. The molecule has 10 rings (SSSR count). The third kappa shape index (κ3) is 3.93. The normalized spacial score (nSPS) is 13.5. The number of hydrogen-bond donors (Lipinski definition) is 0. The van der Waals surface area contributed by atoms with Crippen molar-refractivity contribution in [2.45, 2.75) is 15.2 Å². The lowest BCUT2D eigenvalue weighted by atomic mass is 9.61. The smallest absolute Gasteiger partial charge is 0.206 e. The Morgan fingerprint density at radius 1 is 0.320 bits per heavy atom. The molecule has 0 saturated heterocycles. The van der Waals surface area contributed by atoms with Gasteiger partial charge in [-0.05, 0) is 102 Å². The van der Waals surface area contributed by atoms with Crippen molar-refractivity contribution < 1.29 is 8.42 Å². The molecular weight excluding hydrogens is 629 g/mol. The zero-order valence-corrected chi connectivity index (χ0v) is 27.9. The van der Waals surface area contributed by atoms with Gasteiger partial charge < -0.3 is 0 Å². The molecule has 0 aromatic heterocycles. The van der Waals surface area contributed by atoms with Crippen molar-refractivity contribution in [3.63, 3.8) is 0 Å². The van der Waals surface area contributed by atoms with E-state index in [1.54, 1.807) is 36.4 Å². The highest BCUT2D eigenvalue weighted by Crippen LogP contribution is 2.62. The van der Waals surface area contributed by atoms with Gasteiger partial charge in [-0.1, -0.05) is 158 Å². The molecule has 0 amide bonds. The number of sulfone groups is 1. The molecule has 3 heteroatoms. The van der Waals surface area contributed by atoms with Crippen molar-refractivity contribution in [2.75, 3.05) is 0 Å². The van der Waals surface area contributed by atoms with Gasteiger partial charge in [-0.15, -0.1) is 0 Å². The van der Waals surface area contributed by atoms with Gasteiger partial charge in [0.15, 0.2) is 0 Å². The molecule has 0 aliphatic heterocycles. The number of hydrogen-bond acceptors (Lipinski definition) is 2. The van der Waals surface area contributed by atoms with Crippen LogP contribution in [0.15, 0.2) is 192 Å². The van der Waals surface area contributed by atoms with E-state index >= 15 is 0 Å². The largest absolute Gasteiger partial charge is 0.219 e. The molecule has 0 bridgehead atoms. The standard InChI is InChI=1S/C47H30O2S/c48-50(49,34-11-2-1-3-12-34)35-27-25-32(26-28-35)31-21-23-33(24-22-31)36-29-30-41-39-15-6-9-19-44(39)47(45-20-10-16-40(36)46(41)45)42-17-7-4-13-37(42)38-14-5-8-18-43(38)47/h1-30H. The second-order valence-electron chi connectivity index (χ2n) is 13.2. The second kappa shape index (κ2) is 10.7. The lowest BCUT2D eigenvalue weighted by Gasteiger charge is -2.40. The van der Waals surface area contributed by atoms with Gasteiger partial charge in [0.05, 0.1) is 15.2 Å². The molecule has 1 spiro atoms. The molecule has 50 heavy (non-hydrogen) atoms. The zero-order chi connectivity index (χ0) is 33.5. The van der Waals surface area contributed by atoms with E-state index in [4.69, 9.17) is 0 Å². The van der Waals surface area contributed by atoms with Crippen molar-refractivity contribution in [1.82, 2.24) is 0 Å². The highest BCUT2D eigenvalue weighted by atomic mass is 32.2. The second-order valence-corrected chi connectivity index (χ2v) is 15.1. The van der Waals surface area contributed by atoms with Crippen LogP contribution in [0.4, 0.5) is 0 Å². The maximum atomic E-state index is 13.1. The van der Waals surface area contributed by atoms with E-state index < -0.39 is 15.3 Å². The molecule has 2 aliphatic carbocycles. The molecule has 0 atom stereocenters. The first-order valence-corrected chi connectivity index (χ1v) is 18.4. The molecule has 0 saturated carbocycles. The summed E-state index contributed by atoms with van der Waals surface area (Å²) in [5.74, 6) is 0. The van der Waals surface area contributed by atoms with Crippen LogP contribution in [0.2, 0.25) is 0 Å². The summed E-state index contributed by atoms with van der Waals surface area (Å²) < 4.78 is 26.3. The van der Waals surface area contributed by atoms with E-state index in [0.29, 0.717) is 9.79 Å². The Morgan fingerprint density at radius 3 is 1.36 bits per heavy atom. The average molecular weight is 659 g/mol. The molecule has 236 valence electrons. The monoisotopic (exact) mass is 658 g/mol. The molecular formula is C47H30O2S. The quantitative estimate of drug-likeness (QED) is 0.189. The van der Waals surface area contributed by atoms with Crippen LogP contribution in [-0.2, 0) is 15.3 Å². The number of benzene rings is 8. The highest BCUT2D eigenvalue weighted by molar-refractivity contribution is 7.91. The summed E-state index contributed by atoms with van der Waals surface area (Å²) in [7, 11) is -3.57. The summed E-state index contributed by atoms with van der Waals surface area (Å²) in [6, 6.07) is 62.6. The Balaban J connectivity index is 1.11. The van der Waals surface area contributed by atoms with Crippen LogP contribution in [0.1, 0.15) is 22.3 Å². The highest BCUT2D eigenvalue weighted by Gasteiger charge is 2.49. The van der Waals surface area contributed by atoms with Gasteiger partial charge in [0.1, 0.15) is 0 Å². The lowest BCUT2D eigenvalue weighted by molar-refractivity contribution is 0.596. The molecule has 0 N–H and O–H groups in total. The van der Waals surface area contributed by atoms with Crippen LogP contribution in [0.5, 0.6) is 0 Å². The topological polar surface area (TPSA) is 34.1 Å². The molecule has 0 radical (unpaired) electrons. The van der Waals surface area contributed by atoms with Crippen molar-refractivity contribution >= 4 is 20.6 Å². The van der Waals surface area contributed by atoms with Crippen LogP contribution in [0, 0.1) is 0 Å². The fourth-order valence-electron chi connectivity index (χ4n) is 8.61. The van der Waals surface area contributed by atoms with Crippen LogP contribution < -0.4 is 0 Å². The van der Waals surface area contributed by atoms with Gasteiger partial charge in [0.25, 0.3) is 0 Å². The van der Waals surface area contributed by atoms with E-state index in [1.165, 1.54) is 60.8 Å². The maximum Gasteiger partial charge on any atom is 0.206 e. The first-order valence-electron chi connectivity index (χ1n) is 16.9. The molecule has 2 nitrogen and oxygen atoms in total. The van der Waals surface area contributed by atoms with E-state index in [1.807, 2.05) is 18.2 Å². The van der Waals surface area contributed by atoms with Crippen molar-refractivity contribution in [3.8, 4) is 44.5 Å². The summed E-state index contributed by atoms with van der Waals surface area (Å²) in [5, 5.41) is 2.54. The molecule has 0 fully saturated rings. The summed E-state index contributed by atoms with van der Waals surface area (Å²) in [6.45, 7) is 0. The Hall–Kier alpha value is -6.03. The zero-order valence-electron chi connectivity index (χ0n) is 27.0. The lowest BCUT2D eigenvalue weighted by Crippen LogP contribution is -2.31. The van der Waals surface area contributed by atoms with E-state index in [2.05, 4.69) is 127 Å². The number of fused-ring (bicyclic) bond motifs is 9. The summed E-state index contributed by atoms with van der Waals surface area (Å²) in [4.78, 5) is 0.591. The summed E-state index contributed by atoms with van der Waals surface area (Å²) >= 11 is 0. The first-order chi connectivity index (χ1) is 24.6.